The summed E-state index contributed by atoms with van der Waals surface area (Å²) in [4.78, 5) is 5.34. The predicted octanol–water partition coefficient (Wildman–Crippen LogP) is 2.90. The molecule has 1 fully saturated rings. The third kappa shape index (κ3) is 4.40. The van der Waals surface area contributed by atoms with Crippen molar-refractivity contribution in [3.8, 4) is 11.5 Å². The van der Waals surface area contributed by atoms with Crippen LogP contribution in [0.25, 0.3) is 10.9 Å². The number of piperidine rings is 1. The van der Waals surface area contributed by atoms with Gasteiger partial charge < -0.3 is 29.6 Å². The number of aromatic nitrogens is 1. The molecule has 0 unspecified atom stereocenters. The third-order valence-corrected chi connectivity index (χ3v) is 5.75. The minimum atomic E-state index is -0.851. The minimum Gasteiger partial charge on any atom is -0.497 e. The summed E-state index contributed by atoms with van der Waals surface area (Å²) >= 11 is 0. The van der Waals surface area contributed by atoms with E-state index in [0.717, 1.165) is 41.1 Å². The summed E-state index contributed by atoms with van der Waals surface area (Å²) in [6.45, 7) is 2.20. The van der Waals surface area contributed by atoms with E-state index in [-0.39, 0.29) is 6.61 Å². The van der Waals surface area contributed by atoms with E-state index in [4.69, 9.17) is 9.47 Å². The number of likely N-dealkylation sites (tertiary alicyclic amines) is 1. The van der Waals surface area contributed by atoms with Crippen molar-refractivity contribution in [1.29, 1.82) is 0 Å². The number of aromatic amines is 1. The summed E-state index contributed by atoms with van der Waals surface area (Å²) in [5.41, 5.74) is 1.06. The summed E-state index contributed by atoms with van der Waals surface area (Å²) < 4.78 is 11.1. The van der Waals surface area contributed by atoms with Crippen LogP contribution in [0.1, 0.15) is 18.4 Å². The van der Waals surface area contributed by atoms with E-state index >= 15 is 0 Å². The van der Waals surface area contributed by atoms with Crippen LogP contribution in [-0.2, 0) is 5.60 Å². The van der Waals surface area contributed by atoms with Crippen LogP contribution in [0.15, 0.2) is 54.7 Å². The van der Waals surface area contributed by atoms with Crippen molar-refractivity contribution in [2.75, 3.05) is 33.4 Å². The van der Waals surface area contributed by atoms with Crippen LogP contribution >= 0.6 is 0 Å². The molecule has 2 aromatic carbocycles. The molecule has 0 bridgehead atoms. The number of nitrogens with zero attached hydrogens (tertiary/aromatic N) is 1. The monoisotopic (exact) mass is 396 g/mol. The SMILES string of the molecule is COc1cccc(C2(O)CCN(C[C@H](O)COc3cccc4[nH]ccc34)CC2)c1. The number of nitrogens with one attached hydrogen (secondary N) is 1. The number of benzene rings is 2. The van der Waals surface area contributed by atoms with Crippen LogP contribution in [0.3, 0.4) is 0 Å². The van der Waals surface area contributed by atoms with Crippen molar-refractivity contribution in [3.63, 3.8) is 0 Å². The van der Waals surface area contributed by atoms with Gasteiger partial charge >= 0.3 is 0 Å². The van der Waals surface area contributed by atoms with Crippen LogP contribution in [-0.4, -0.2) is 59.6 Å². The van der Waals surface area contributed by atoms with E-state index in [9.17, 15) is 10.2 Å². The fraction of sp³-hybridized carbons (Fsp3) is 0.391. The van der Waals surface area contributed by atoms with E-state index in [1.807, 2.05) is 54.7 Å². The van der Waals surface area contributed by atoms with Gasteiger partial charge in [-0.3, -0.25) is 0 Å². The van der Waals surface area contributed by atoms with E-state index in [1.54, 1.807) is 7.11 Å². The zero-order valence-electron chi connectivity index (χ0n) is 16.7. The average molecular weight is 396 g/mol. The number of H-pyrrole nitrogens is 1. The first kappa shape index (κ1) is 19.8. The van der Waals surface area contributed by atoms with Crippen LogP contribution in [0.2, 0.25) is 0 Å². The number of aliphatic hydroxyl groups is 2. The second kappa shape index (κ2) is 8.45. The van der Waals surface area contributed by atoms with Gasteiger partial charge in [0.25, 0.3) is 0 Å². The first-order valence-corrected chi connectivity index (χ1v) is 10.0. The van der Waals surface area contributed by atoms with Gasteiger partial charge in [0.1, 0.15) is 24.2 Å². The van der Waals surface area contributed by atoms with Crippen molar-refractivity contribution in [2.24, 2.45) is 0 Å². The minimum absolute atomic E-state index is 0.237. The van der Waals surface area contributed by atoms with Crippen molar-refractivity contribution in [2.45, 2.75) is 24.5 Å². The maximum absolute atomic E-state index is 11.1. The molecule has 0 radical (unpaired) electrons. The van der Waals surface area contributed by atoms with Crippen molar-refractivity contribution < 1.29 is 19.7 Å². The van der Waals surface area contributed by atoms with Gasteiger partial charge in [0.15, 0.2) is 0 Å². The molecule has 6 nitrogen and oxygen atoms in total. The van der Waals surface area contributed by atoms with E-state index in [2.05, 4.69) is 9.88 Å². The highest BCUT2D eigenvalue weighted by molar-refractivity contribution is 5.85. The molecule has 1 aliphatic heterocycles. The molecule has 0 aliphatic carbocycles. The second-order valence-corrected chi connectivity index (χ2v) is 7.72. The lowest BCUT2D eigenvalue weighted by Gasteiger charge is -2.39. The summed E-state index contributed by atoms with van der Waals surface area (Å²) in [7, 11) is 1.63. The van der Waals surface area contributed by atoms with Gasteiger partial charge in [-0.05, 0) is 48.7 Å². The van der Waals surface area contributed by atoms with Gasteiger partial charge in [-0.1, -0.05) is 18.2 Å². The Morgan fingerprint density at radius 1 is 1.14 bits per heavy atom. The molecule has 1 aliphatic rings. The molecular formula is C23H28N2O4. The molecule has 1 atom stereocenters. The normalized spacial score (nSPS) is 17.9. The Hall–Kier alpha value is -2.54. The highest BCUT2D eigenvalue weighted by Crippen LogP contribution is 2.34. The zero-order chi connectivity index (χ0) is 20.3. The predicted molar refractivity (Wildman–Crippen MR) is 112 cm³/mol. The Bertz CT molecular complexity index is 947. The quantitative estimate of drug-likeness (QED) is 0.572. The Balaban J connectivity index is 1.29. The number of hydrogen-bond donors (Lipinski definition) is 3. The molecular weight excluding hydrogens is 368 g/mol. The number of ether oxygens (including phenoxy) is 2. The Labute approximate surface area is 170 Å². The van der Waals surface area contributed by atoms with E-state index in [0.29, 0.717) is 19.4 Å². The summed E-state index contributed by atoms with van der Waals surface area (Å²) in [6, 6.07) is 15.5. The largest absolute Gasteiger partial charge is 0.497 e. The fourth-order valence-electron chi connectivity index (χ4n) is 4.03. The summed E-state index contributed by atoms with van der Waals surface area (Å²) in [6.07, 6.45) is 2.53. The maximum Gasteiger partial charge on any atom is 0.128 e. The van der Waals surface area contributed by atoms with Gasteiger partial charge in [-0.25, -0.2) is 0 Å². The average Bonchev–Trinajstić information content (AvgIpc) is 3.23. The smallest absolute Gasteiger partial charge is 0.128 e. The molecule has 3 aromatic rings. The molecule has 154 valence electrons. The lowest BCUT2D eigenvalue weighted by Crippen LogP contribution is -2.46. The number of β-amino-alcohol motifs (C(OH)–C–C–N with tert-alkyl or cyclic N) is 1. The van der Waals surface area contributed by atoms with Gasteiger partial charge in [0, 0.05) is 36.7 Å². The Morgan fingerprint density at radius 3 is 2.72 bits per heavy atom. The molecule has 1 aromatic heterocycles. The number of fused-ring (bicyclic) bond motifs is 1. The topological polar surface area (TPSA) is 78.0 Å². The lowest BCUT2D eigenvalue weighted by atomic mass is 9.84. The van der Waals surface area contributed by atoms with Gasteiger partial charge in [0.05, 0.1) is 12.7 Å². The first-order chi connectivity index (χ1) is 14.1. The van der Waals surface area contributed by atoms with Crippen LogP contribution in [0.5, 0.6) is 11.5 Å². The number of hydrogen-bond acceptors (Lipinski definition) is 5. The molecule has 2 heterocycles. The molecule has 0 saturated carbocycles. The molecule has 0 spiro atoms. The number of methoxy groups -OCH3 is 1. The van der Waals surface area contributed by atoms with Crippen molar-refractivity contribution in [3.05, 3.63) is 60.3 Å². The molecule has 29 heavy (non-hydrogen) atoms. The van der Waals surface area contributed by atoms with Crippen LogP contribution in [0, 0.1) is 0 Å². The van der Waals surface area contributed by atoms with Gasteiger partial charge in [0.2, 0.25) is 0 Å². The Kier molecular flexibility index (Phi) is 5.76. The van der Waals surface area contributed by atoms with Crippen LogP contribution in [0.4, 0.5) is 0 Å². The second-order valence-electron chi connectivity index (χ2n) is 7.72. The maximum atomic E-state index is 11.1. The highest BCUT2D eigenvalue weighted by atomic mass is 16.5. The summed E-state index contributed by atoms with van der Waals surface area (Å²) in [5, 5.41) is 22.5. The third-order valence-electron chi connectivity index (χ3n) is 5.75. The van der Waals surface area contributed by atoms with Crippen molar-refractivity contribution in [1.82, 2.24) is 9.88 Å². The number of aliphatic hydroxyl groups excluding tert-OH is 1. The Morgan fingerprint density at radius 2 is 1.93 bits per heavy atom. The molecule has 4 rings (SSSR count). The molecule has 6 heteroatoms. The molecule has 3 N–H and O–H groups in total. The van der Waals surface area contributed by atoms with Gasteiger partial charge in [-0.15, -0.1) is 0 Å². The standard InChI is InChI=1S/C23H28N2O4/c1-28-19-5-2-4-17(14-19)23(27)9-12-25(13-10-23)15-18(26)16-29-22-7-3-6-21-20(22)8-11-24-21/h2-8,11,14,18,24,26-27H,9-10,12-13,15-16H2,1H3/t18-/m0/s1. The zero-order valence-corrected chi connectivity index (χ0v) is 16.7. The molecule has 0 amide bonds. The van der Waals surface area contributed by atoms with E-state index < -0.39 is 11.7 Å². The number of rotatable bonds is 7. The first-order valence-electron chi connectivity index (χ1n) is 10.0. The lowest BCUT2D eigenvalue weighted by molar-refractivity contribution is -0.0373. The van der Waals surface area contributed by atoms with Gasteiger partial charge in [-0.2, -0.15) is 0 Å². The van der Waals surface area contributed by atoms with Crippen LogP contribution < -0.4 is 9.47 Å². The van der Waals surface area contributed by atoms with E-state index in [1.165, 1.54) is 0 Å². The van der Waals surface area contributed by atoms with Crippen molar-refractivity contribution >= 4 is 10.9 Å². The molecule has 1 saturated heterocycles. The highest BCUT2D eigenvalue weighted by Gasteiger charge is 2.34. The summed E-state index contributed by atoms with van der Waals surface area (Å²) in [5.74, 6) is 1.53. The fourth-order valence-corrected chi connectivity index (χ4v) is 4.03.